The number of benzene rings is 2. The average Bonchev–Trinajstić information content (AvgIpc) is 2.98. The Morgan fingerprint density at radius 3 is 2.07 bits per heavy atom. The van der Waals surface area contributed by atoms with Crippen molar-refractivity contribution < 1.29 is 79.9 Å². The van der Waals surface area contributed by atoms with Gasteiger partial charge in [-0.3, -0.25) is 4.79 Å². The van der Waals surface area contributed by atoms with Crippen LogP contribution < -0.4 is 10.2 Å². The van der Waals surface area contributed by atoms with E-state index in [9.17, 15) is 66.1 Å². The van der Waals surface area contributed by atoms with E-state index in [2.05, 4.69) is 0 Å². The van der Waals surface area contributed by atoms with Crippen LogP contribution in [0.5, 0.6) is 28.7 Å². The van der Waals surface area contributed by atoms with E-state index in [1.807, 2.05) is 0 Å². The molecule has 3 aromatic rings. The number of hydrogen-bond acceptors (Lipinski definition) is 17. The number of aromatic hydroxyl groups is 4. The second-order valence-corrected chi connectivity index (χ2v) is 10.5. The highest BCUT2D eigenvalue weighted by atomic mass is 16.7. The van der Waals surface area contributed by atoms with Gasteiger partial charge in [-0.25, -0.2) is 0 Å². The van der Waals surface area contributed by atoms with Crippen LogP contribution in [-0.2, 0) is 9.47 Å². The van der Waals surface area contributed by atoms with E-state index in [-0.39, 0.29) is 11.1 Å². The quantitative estimate of drug-likeness (QED) is 0.119. The number of phenols is 4. The maximum absolute atomic E-state index is 13.8. The summed E-state index contributed by atoms with van der Waals surface area (Å²) in [4.78, 5) is 13.8. The second-order valence-electron chi connectivity index (χ2n) is 10.5. The van der Waals surface area contributed by atoms with Crippen LogP contribution in [0.15, 0.2) is 39.5 Å². The standard InChI is InChI=1S/C27H30O17/c28-6-14-17(34)20(37)21(38)25(42-14)27(40)24(39)18(35)15(7-29)43-26(27)44-23-19(36)16-12(33)4-9(30)5-13(16)41-22(23)8-1-2-10(31)11(32)3-8/h1-5,14-15,17-18,20-21,24-26,28-35,37-40H,6-7H2/t14-,15-,17-,18-,20+,21-,24+,25-,26+,27+/m1/s1. The predicted octanol–water partition coefficient (Wildman–Crippen LogP) is -3.33. The molecule has 0 unspecified atom stereocenters. The van der Waals surface area contributed by atoms with Crippen molar-refractivity contribution in [2.24, 2.45) is 0 Å². The van der Waals surface area contributed by atoms with Gasteiger partial charge in [0.05, 0.1) is 13.2 Å². The summed E-state index contributed by atoms with van der Waals surface area (Å²) in [5.74, 6) is -3.98. The minimum Gasteiger partial charge on any atom is -0.508 e. The van der Waals surface area contributed by atoms with Gasteiger partial charge in [0.2, 0.25) is 17.5 Å². The number of fused-ring (bicyclic) bond motifs is 1. The normalized spacial score (nSPS) is 34.2. The summed E-state index contributed by atoms with van der Waals surface area (Å²) >= 11 is 0. The molecular weight excluding hydrogens is 596 g/mol. The van der Waals surface area contributed by atoms with Crippen molar-refractivity contribution in [2.75, 3.05) is 13.2 Å². The van der Waals surface area contributed by atoms with Crippen molar-refractivity contribution in [3.63, 3.8) is 0 Å². The van der Waals surface area contributed by atoms with Crippen LogP contribution in [0.1, 0.15) is 0 Å². The summed E-state index contributed by atoms with van der Waals surface area (Å²) in [7, 11) is 0. The molecule has 0 bridgehead atoms. The Hall–Kier alpha value is -3.75. The SMILES string of the molecule is O=c1c(O[C@@H]2O[C@H](CO)[C@@H](O)[C@H](O)[C@]2(O)[C@@H]2O[C@H](CO)[C@@H](O)[C@H](O)[C@H]2O)c(-c2ccc(O)c(O)c2)oc2cc(O)cc(O)c12. The fourth-order valence-electron chi connectivity index (χ4n) is 5.36. The first-order chi connectivity index (χ1) is 20.7. The third kappa shape index (κ3) is 4.98. The summed E-state index contributed by atoms with van der Waals surface area (Å²) in [6.45, 7) is -1.93. The largest absolute Gasteiger partial charge is 0.508 e. The Morgan fingerprint density at radius 1 is 0.773 bits per heavy atom. The van der Waals surface area contributed by atoms with Gasteiger partial charge >= 0.3 is 0 Å². The van der Waals surface area contributed by atoms with Crippen molar-refractivity contribution in [1.29, 1.82) is 0 Å². The van der Waals surface area contributed by atoms with Gasteiger partial charge in [-0.1, -0.05) is 0 Å². The molecule has 240 valence electrons. The summed E-state index contributed by atoms with van der Waals surface area (Å²) in [5, 5.41) is 124. The van der Waals surface area contributed by atoms with Gasteiger partial charge in [-0.15, -0.1) is 0 Å². The summed E-state index contributed by atoms with van der Waals surface area (Å²) in [6, 6.07) is 4.89. The van der Waals surface area contributed by atoms with Crippen molar-refractivity contribution in [2.45, 2.75) is 60.7 Å². The van der Waals surface area contributed by atoms with Gasteiger partial charge in [-0.05, 0) is 18.2 Å². The molecule has 2 aliphatic rings. The smallest absolute Gasteiger partial charge is 0.239 e. The fraction of sp³-hybridized carbons (Fsp3) is 0.444. The Balaban J connectivity index is 1.72. The molecule has 0 amide bonds. The zero-order valence-corrected chi connectivity index (χ0v) is 22.4. The monoisotopic (exact) mass is 626 g/mol. The van der Waals surface area contributed by atoms with Crippen LogP contribution in [0, 0.1) is 0 Å². The summed E-state index contributed by atoms with van der Waals surface area (Å²) in [6.07, 6.45) is -18.6. The van der Waals surface area contributed by atoms with Crippen molar-refractivity contribution in [3.8, 4) is 40.1 Å². The van der Waals surface area contributed by atoms with Gasteiger partial charge < -0.3 is 79.9 Å². The van der Waals surface area contributed by atoms with E-state index in [1.165, 1.54) is 0 Å². The van der Waals surface area contributed by atoms with E-state index < -0.39 is 119 Å². The maximum Gasteiger partial charge on any atom is 0.239 e. The number of aliphatic hydroxyl groups is 8. The van der Waals surface area contributed by atoms with E-state index in [1.54, 1.807) is 0 Å². The lowest BCUT2D eigenvalue weighted by atomic mass is 9.76. The van der Waals surface area contributed by atoms with E-state index in [0.717, 1.165) is 30.3 Å². The van der Waals surface area contributed by atoms with Crippen LogP contribution in [0.3, 0.4) is 0 Å². The molecule has 44 heavy (non-hydrogen) atoms. The van der Waals surface area contributed by atoms with Crippen LogP contribution >= 0.6 is 0 Å². The Kier molecular flexibility index (Phi) is 8.37. The number of aliphatic hydroxyl groups excluding tert-OH is 7. The van der Waals surface area contributed by atoms with Gasteiger partial charge in [0, 0.05) is 17.7 Å². The fourth-order valence-corrected chi connectivity index (χ4v) is 5.36. The Morgan fingerprint density at radius 2 is 1.43 bits per heavy atom. The lowest BCUT2D eigenvalue weighted by molar-refractivity contribution is -0.372. The van der Waals surface area contributed by atoms with E-state index in [0.29, 0.717) is 0 Å². The average molecular weight is 627 g/mol. The first kappa shape index (κ1) is 31.7. The molecule has 17 nitrogen and oxygen atoms in total. The first-order valence-electron chi connectivity index (χ1n) is 13.1. The topological polar surface area (TPSA) is 301 Å². The van der Waals surface area contributed by atoms with Crippen LogP contribution in [0.4, 0.5) is 0 Å². The maximum atomic E-state index is 13.8. The lowest BCUT2D eigenvalue weighted by Crippen LogP contribution is -2.77. The summed E-state index contributed by atoms with van der Waals surface area (Å²) < 4.78 is 22.4. The van der Waals surface area contributed by atoms with Crippen LogP contribution in [-0.4, -0.2) is 135 Å². The van der Waals surface area contributed by atoms with Crippen LogP contribution in [0.2, 0.25) is 0 Å². The summed E-state index contributed by atoms with van der Waals surface area (Å²) in [5.41, 5.74) is -4.86. The number of ether oxygens (including phenoxy) is 3. The molecule has 2 aliphatic heterocycles. The molecule has 10 atom stereocenters. The zero-order chi connectivity index (χ0) is 32.2. The number of hydrogen-bond donors (Lipinski definition) is 12. The molecule has 0 aliphatic carbocycles. The molecule has 0 spiro atoms. The van der Waals surface area contributed by atoms with Crippen molar-refractivity contribution in [3.05, 3.63) is 40.6 Å². The van der Waals surface area contributed by atoms with Crippen LogP contribution in [0.25, 0.3) is 22.3 Å². The highest BCUT2D eigenvalue weighted by molar-refractivity contribution is 5.88. The molecule has 1 aromatic heterocycles. The molecule has 0 saturated carbocycles. The number of rotatable bonds is 6. The highest BCUT2D eigenvalue weighted by Gasteiger charge is 2.65. The van der Waals surface area contributed by atoms with Gasteiger partial charge in [-0.2, -0.15) is 0 Å². The third-order valence-corrected chi connectivity index (χ3v) is 7.76. The zero-order valence-electron chi connectivity index (χ0n) is 22.4. The van der Waals surface area contributed by atoms with Crippen molar-refractivity contribution in [1.82, 2.24) is 0 Å². The van der Waals surface area contributed by atoms with Gasteiger partial charge in [0.1, 0.15) is 71.3 Å². The molecule has 17 heteroatoms. The van der Waals surface area contributed by atoms with Crippen molar-refractivity contribution >= 4 is 11.0 Å². The molecule has 3 heterocycles. The molecule has 2 aromatic carbocycles. The minimum atomic E-state index is -3.15. The number of phenolic OH excluding ortho intramolecular Hbond substituents is 4. The molecule has 2 fully saturated rings. The predicted molar refractivity (Wildman–Crippen MR) is 142 cm³/mol. The molecule has 5 rings (SSSR count). The van der Waals surface area contributed by atoms with Gasteiger partial charge in [0.15, 0.2) is 22.9 Å². The first-order valence-corrected chi connectivity index (χ1v) is 13.1. The van der Waals surface area contributed by atoms with E-state index in [4.69, 9.17) is 18.6 Å². The second kappa shape index (κ2) is 11.6. The Bertz CT molecular complexity index is 1590. The lowest BCUT2D eigenvalue weighted by Gasteiger charge is -2.54. The molecule has 2 saturated heterocycles. The molecule has 12 N–H and O–H groups in total. The molecular formula is C27H30O17. The highest BCUT2D eigenvalue weighted by Crippen LogP contribution is 2.43. The van der Waals surface area contributed by atoms with Gasteiger partial charge in [0.25, 0.3) is 0 Å². The minimum absolute atomic E-state index is 0.149. The third-order valence-electron chi connectivity index (χ3n) is 7.76. The molecule has 0 radical (unpaired) electrons. The Labute approximate surface area is 245 Å². The van der Waals surface area contributed by atoms with E-state index >= 15 is 0 Å².